The second-order valence-corrected chi connectivity index (χ2v) is 61.2. The predicted octanol–water partition coefficient (Wildman–Crippen LogP) is 31.1. The van der Waals surface area contributed by atoms with Gasteiger partial charge in [-0.1, -0.05) is 274 Å². The van der Waals surface area contributed by atoms with Gasteiger partial charge in [-0.05, 0) is 194 Å². The molecule has 0 atom stereocenters. The molecule has 138 heavy (non-hydrogen) atoms. The smallest absolute Gasteiger partial charge is 0.657 e. The first-order valence-corrected chi connectivity index (χ1v) is 59.7. The zero-order valence-corrected chi connectivity index (χ0v) is 101. The van der Waals surface area contributed by atoms with Crippen molar-refractivity contribution in [2.45, 2.75) is 270 Å². The van der Waals surface area contributed by atoms with Crippen molar-refractivity contribution >= 4 is 151 Å². The Morgan fingerprint density at radius 1 is 0.370 bits per heavy atom. The average Bonchev–Trinajstić information content (AvgIpc) is 1.58. The normalized spacial score (nSPS) is 13.7. The summed E-state index contributed by atoms with van der Waals surface area (Å²) in [5.41, 5.74) is 47.4. The molecule has 12 nitrogen and oxygen atoms in total. The van der Waals surface area contributed by atoms with Gasteiger partial charge in [-0.15, -0.1) is 71.7 Å². The SMILES string of the molecule is C=Cc1cc2cc3nc(cc4ccc([n-]4)c(-c4c(C)cc(C)cc4C)c4nc(cc1[n-]2)C=C4)CC3(C)C.C=[CH][Sn]([CH2]CCC)([CH2]CCC)[CH2]CCC.Cc1cc(C)c(-c2c3nc(cc4[n-]c(cc5nc(cc6ccc2[n-]6)CC5(C)C)cc4Br)C=C3)c(C)c1.Cc1cc(C)c(-c2c3nc(cc4[n-]c(cc5nc(cc6ccc2[n-]6)CC5(C)C)cc4C#C[Si](C(C)C)(C(C)C)C(C)C)C=C3)c(C)c1.[Zn+2].[Zn+2].[Zn+2]. The maximum absolute atomic E-state index is 5.21. The summed E-state index contributed by atoms with van der Waals surface area (Å²) in [7, 11) is -1.94. The van der Waals surface area contributed by atoms with Crippen LogP contribution in [-0.4, -0.2) is 56.4 Å². The molecule has 696 valence electrons. The van der Waals surface area contributed by atoms with Crippen LogP contribution in [-0.2, 0) is 93.9 Å². The van der Waals surface area contributed by atoms with Gasteiger partial charge in [0.25, 0.3) is 0 Å². The molecule has 6 aliphatic rings. The van der Waals surface area contributed by atoms with Gasteiger partial charge in [0.1, 0.15) is 8.07 Å². The first kappa shape index (κ1) is 107. The van der Waals surface area contributed by atoms with Crippen LogP contribution in [0.1, 0.15) is 272 Å². The van der Waals surface area contributed by atoms with E-state index >= 15 is 0 Å². The van der Waals surface area contributed by atoms with E-state index in [0.717, 1.165) is 186 Å². The molecule has 18 rings (SSSR count). The van der Waals surface area contributed by atoms with E-state index in [9.17, 15) is 0 Å². The molecule has 3 aromatic carbocycles. The summed E-state index contributed by atoms with van der Waals surface area (Å²) in [6, 6.07) is 51.2. The average molecular weight is 2170 g/mol. The molecule has 0 unspecified atom stereocenters. The van der Waals surface area contributed by atoms with Crippen molar-refractivity contribution in [1.82, 2.24) is 59.8 Å². The molecule has 24 bridgehead atoms. The van der Waals surface area contributed by atoms with Gasteiger partial charge < -0.3 is 29.9 Å². The summed E-state index contributed by atoms with van der Waals surface area (Å²) >= 11 is 1.85. The van der Waals surface area contributed by atoms with Crippen LogP contribution in [0.2, 0.25) is 29.9 Å². The van der Waals surface area contributed by atoms with Crippen molar-refractivity contribution < 1.29 is 58.4 Å². The zero-order valence-electron chi connectivity index (χ0n) is 86.5. The number of nitrogens with zero attached hydrogens (tertiary/aromatic N) is 12. The van der Waals surface area contributed by atoms with Gasteiger partial charge in [0, 0.05) is 79.7 Å². The number of halogens is 1. The van der Waals surface area contributed by atoms with E-state index in [4.69, 9.17) is 59.8 Å². The monoisotopic (exact) mass is 2160 g/mol. The van der Waals surface area contributed by atoms with Gasteiger partial charge in [-0.2, -0.15) is 0 Å². The molecule has 0 N–H and O–H groups in total. The van der Waals surface area contributed by atoms with Crippen molar-refractivity contribution in [1.29, 1.82) is 0 Å². The van der Waals surface area contributed by atoms with Crippen LogP contribution in [0.15, 0.2) is 167 Å². The Balaban J connectivity index is 0.000000172. The van der Waals surface area contributed by atoms with Crippen molar-refractivity contribution in [3.05, 3.63) is 297 Å². The van der Waals surface area contributed by atoms with E-state index in [-0.39, 0.29) is 74.7 Å². The molecule has 18 heteroatoms. The van der Waals surface area contributed by atoms with E-state index in [1.165, 1.54) is 105 Å². The Morgan fingerprint density at radius 3 is 1.01 bits per heavy atom. The van der Waals surface area contributed by atoms with E-state index in [2.05, 4.69) is 381 Å². The molecule has 0 fully saturated rings. The van der Waals surface area contributed by atoms with Gasteiger partial charge in [-0.25, -0.2) is 15.0 Å². The number of fused-ring (bicyclic) bond motifs is 24. The summed E-state index contributed by atoms with van der Waals surface area (Å²) in [5, 5.41) is 0. The topological polar surface area (TPSA) is 162 Å². The van der Waals surface area contributed by atoms with Crippen LogP contribution in [0.25, 0.3) is 142 Å². The first-order chi connectivity index (χ1) is 64.3. The van der Waals surface area contributed by atoms with Crippen LogP contribution >= 0.6 is 15.9 Å². The fourth-order valence-corrected chi connectivity index (χ4v) is 40.1. The minimum Gasteiger partial charge on any atom is -0.657 e. The number of hydrogen-bond donors (Lipinski definition) is 0. The number of aryl methyl sites for hydroxylation is 9. The van der Waals surface area contributed by atoms with Gasteiger partial charge in [0.2, 0.25) is 0 Å². The molecule has 0 aliphatic carbocycles. The number of unbranched alkanes of at least 4 members (excludes halogenated alkanes) is 3. The third-order valence-corrected chi connectivity index (χ3v) is 49.1. The summed E-state index contributed by atoms with van der Waals surface area (Å²) < 4.78 is 8.11. The fourth-order valence-electron chi connectivity index (χ4n) is 21.5. The van der Waals surface area contributed by atoms with Crippen molar-refractivity contribution in [3.8, 4) is 44.8 Å². The van der Waals surface area contributed by atoms with Gasteiger partial charge in [0.15, 0.2) is 0 Å². The Kier molecular flexibility index (Phi) is 34.9. The summed E-state index contributed by atoms with van der Waals surface area (Å²) in [6.07, 6.45) is 25.4. The van der Waals surface area contributed by atoms with E-state index in [0.29, 0.717) is 16.6 Å². The molecule has 6 aliphatic heterocycles. The first-order valence-electron chi connectivity index (χ1n) is 48.9. The predicted molar refractivity (Wildman–Crippen MR) is 584 cm³/mol. The van der Waals surface area contributed by atoms with Gasteiger partial charge >= 0.3 is 160 Å². The molecule has 0 saturated carbocycles. The largest absolute Gasteiger partial charge is 2.00 e. The van der Waals surface area contributed by atoms with E-state index in [1.807, 2.05) is 18.2 Å². The number of rotatable bonds is 17. The molecule has 15 heterocycles. The van der Waals surface area contributed by atoms with Gasteiger partial charge in [0.05, 0.1) is 34.2 Å². The maximum Gasteiger partial charge on any atom is 2.00 e. The second-order valence-electron chi connectivity index (χ2n) is 41.6. The van der Waals surface area contributed by atoms with E-state index < -0.39 is 26.5 Å². The summed E-state index contributed by atoms with van der Waals surface area (Å²) in [5.74, 6) is 3.71. The molecule has 0 amide bonds. The quantitative estimate of drug-likeness (QED) is 0.0627. The second kappa shape index (κ2) is 44.9. The molecule has 12 aromatic rings. The molecule has 0 spiro atoms. The summed E-state index contributed by atoms with van der Waals surface area (Å²) in [6.45, 7) is 62.2. The van der Waals surface area contributed by atoms with Crippen LogP contribution in [0.5, 0.6) is 0 Å². The van der Waals surface area contributed by atoms with Crippen molar-refractivity contribution in [2.24, 2.45) is 0 Å². The fraction of sp³-hybridized carbons (Fsp3) is 0.350. The van der Waals surface area contributed by atoms with Crippen LogP contribution < -0.4 is 29.9 Å². The zero-order chi connectivity index (χ0) is 96.5. The Labute approximate surface area is 872 Å². The van der Waals surface area contributed by atoms with Crippen LogP contribution in [0.4, 0.5) is 0 Å². The molecule has 9 aromatic heterocycles. The minimum absolute atomic E-state index is 0. The molecular weight excluding hydrogens is 2030 g/mol. The molecule has 0 radical (unpaired) electrons. The maximum atomic E-state index is 5.21. The Morgan fingerprint density at radius 2 is 0.681 bits per heavy atom. The molecular formula is C120H135BrN12SiSnZn3. The third kappa shape index (κ3) is 23.8. The van der Waals surface area contributed by atoms with Crippen LogP contribution in [0, 0.1) is 73.8 Å². The van der Waals surface area contributed by atoms with Crippen molar-refractivity contribution in [3.63, 3.8) is 0 Å². The van der Waals surface area contributed by atoms with Gasteiger partial charge in [-0.3, -0.25) is 15.0 Å². The minimum atomic E-state index is -1.94. The summed E-state index contributed by atoms with van der Waals surface area (Å²) in [4.78, 5) is 60.6. The van der Waals surface area contributed by atoms with Crippen molar-refractivity contribution in [2.75, 3.05) is 0 Å². The Hall–Kier alpha value is -9.35. The third-order valence-electron chi connectivity index (χ3n) is 28.1. The van der Waals surface area contributed by atoms with Crippen LogP contribution in [0.3, 0.4) is 0 Å². The number of benzene rings is 3. The molecule has 0 saturated heterocycles. The Bertz CT molecular complexity index is 7230. The number of hydrogen-bond acceptors (Lipinski definition) is 6. The van der Waals surface area contributed by atoms with E-state index in [1.54, 1.807) is 13.3 Å². The number of aromatic nitrogens is 12. The standard InChI is InChI=1S/C42H48N4Si.C33H30N4.C31H27BrN4.3C4H9.C2H3.Sn.3Zn/c1-25(2)47(26(3)4,27(5)6)17-16-31-20-34-23-39-42(10,11)24-35(46-39)21-32-12-14-36(43-32)41(40-29(8)18-28(7)19-30(40)9)37-15-13-33(44-37)22-38(31)45-34;1-7-22-14-25-17-30-33(5,6)18-26(37-30)15-23-8-10-27(34-23)32(31-20(3)12-19(2)13-21(31)4)28-11-9-24(35-28)16-29(22)36-25;1-17-10-18(2)29(19(3)11-17)30-25-8-6-20(33-25)12-23-16-31(4,5)28(36-23)15-22-13-24(32)27(35-22)14-21-7-9-26(30)34-21;3*1-3-4-2;1-2;;;;/h12-15,18-23,25-27H,24H2,1-11H3;7-17H,1,18H2,2-6H3;6-15H,16H2,1-5H3;3*1,3-4H2,2H3;1H,2H2;;;;/q3*-2;;;;;;3*+2.